The van der Waals surface area contributed by atoms with Crippen molar-refractivity contribution in [2.45, 2.75) is 173 Å². The molecule has 39 nitrogen and oxygen atoms in total. The summed E-state index contributed by atoms with van der Waals surface area (Å²) in [6.45, 7) is -3.65. The summed E-state index contributed by atoms with van der Waals surface area (Å²) in [4.78, 5) is 130. The number of hydrogen-bond acceptors (Lipinski definition) is 27. The van der Waals surface area contributed by atoms with E-state index in [2.05, 4.69) is 41.9 Å². The summed E-state index contributed by atoms with van der Waals surface area (Å²) in [6, 6.07) is -12.4. The maximum atomic E-state index is 14.0. The Kier molecular flexibility index (Phi) is 29.6. The molecule has 0 unspecified atom stereocenters. The first-order valence-corrected chi connectivity index (χ1v) is 26.6. The van der Waals surface area contributed by atoms with Gasteiger partial charge in [0.2, 0.25) is 23.6 Å². The first-order chi connectivity index (χ1) is 40.9. The second-order valence-corrected chi connectivity index (χ2v) is 20.0. The number of ether oxygens (including phenoxy) is 3. The number of nitrogens with one attached hydrogen (secondary N) is 6. The average molecular weight is 1250 g/mol. The third-order valence-corrected chi connectivity index (χ3v) is 13.5. The van der Waals surface area contributed by atoms with E-state index in [9.17, 15) is 119 Å². The lowest BCUT2D eigenvalue weighted by Crippen LogP contribution is -2.64. The second-order valence-electron chi connectivity index (χ2n) is 20.0. The van der Waals surface area contributed by atoms with Crippen LogP contribution in [-0.4, -0.2) is 278 Å². The van der Waals surface area contributed by atoms with E-state index in [4.69, 9.17) is 36.3 Å². The highest BCUT2D eigenvalue weighted by Gasteiger charge is 2.48. The molecule has 0 aromatic rings. The van der Waals surface area contributed by atoms with E-state index in [1.54, 1.807) is 0 Å². The van der Waals surface area contributed by atoms with E-state index in [0.29, 0.717) is 12.2 Å². The van der Waals surface area contributed by atoms with Crippen LogP contribution in [0.25, 0.3) is 10.4 Å². The van der Waals surface area contributed by atoms with Gasteiger partial charge in [-0.2, -0.15) is 0 Å². The van der Waals surface area contributed by atoms with Gasteiger partial charge >= 0.3 is 17.9 Å². The number of aliphatic hydroxyl groups excluding tert-OH is 12. The average Bonchev–Trinajstić information content (AvgIpc) is 1.27. The van der Waals surface area contributed by atoms with Crippen LogP contribution in [0.3, 0.4) is 0 Å². The summed E-state index contributed by atoms with van der Waals surface area (Å²) in [5.74, 6) is -15.9. The number of carboxylic acids is 3. The number of primary amides is 1. The zero-order valence-electron chi connectivity index (χ0n) is 45.9. The van der Waals surface area contributed by atoms with Crippen LogP contribution in [0.2, 0.25) is 0 Å². The molecule has 3 aliphatic heterocycles. The zero-order chi connectivity index (χ0) is 65.6. The molecule has 25 N–H and O–H groups in total. The van der Waals surface area contributed by atoms with Crippen molar-refractivity contribution < 1.29 is 139 Å². The zero-order valence-corrected chi connectivity index (χ0v) is 45.9. The number of carbonyl (C=O) groups is 10. The molecule has 0 radical (unpaired) electrons. The van der Waals surface area contributed by atoms with Crippen LogP contribution in [0.1, 0.15) is 57.8 Å². The molecule has 0 saturated carbocycles. The summed E-state index contributed by atoms with van der Waals surface area (Å²) < 4.78 is 16.7. The number of aliphatic hydroxyl groups is 12. The minimum atomic E-state index is -2.39. The Morgan fingerprint density at radius 1 is 0.540 bits per heavy atom. The fraction of sp³-hybridized carbons (Fsp3) is 0.667. The van der Waals surface area contributed by atoms with E-state index in [0.717, 1.165) is 6.08 Å². The van der Waals surface area contributed by atoms with Crippen LogP contribution in [0.15, 0.2) is 40.6 Å². The van der Waals surface area contributed by atoms with Crippen LogP contribution < -0.4 is 43.4 Å². The summed E-state index contributed by atoms with van der Waals surface area (Å²) in [6.07, 6.45) is -27.7. The third-order valence-electron chi connectivity index (χ3n) is 13.5. The first-order valence-electron chi connectivity index (χ1n) is 26.6. The van der Waals surface area contributed by atoms with Crippen molar-refractivity contribution in [1.29, 1.82) is 0 Å². The summed E-state index contributed by atoms with van der Waals surface area (Å²) in [5.41, 5.74) is 19.6. The lowest BCUT2D eigenvalue weighted by Gasteiger charge is -2.40. The largest absolute Gasteiger partial charge is 0.481 e. The van der Waals surface area contributed by atoms with Crippen LogP contribution in [0.4, 0.5) is 0 Å². The van der Waals surface area contributed by atoms with Crippen molar-refractivity contribution in [3.8, 4) is 0 Å². The monoisotopic (exact) mass is 1250 g/mol. The molecule has 3 heterocycles. The molecule has 39 heteroatoms. The van der Waals surface area contributed by atoms with Crippen molar-refractivity contribution in [2.75, 3.05) is 26.4 Å². The standard InChI is InChI=1S/C48H73N11O28/c49-17(4-7-30(69)70)43(79)55-33-22(64)12-28(86-39(33)36(75)24(66)14-60)47(83)53-20(6-9-32(73)74)45(81)57-35-23(65)13-29(87-41(35)38(77)26(68)16-62)48(84)54-19(5-8-31(71)72)44(80)56-34-21(63)11-27(85-40(34)37(76)25(67)15-61)46(82)52-10-2-1-3-18(42(50)78)58-59-51/h11-13,17-26,33-41,60-68,75-77H,1-10,14-16,49H2,(H2,50,78)(H,52,82)(H,53,83)(H,54,84)(H,55,79)(H,56,80)(H,57,81)(H,69,70)(H,71,72)(H,73,74)/t17-,18-,19-,20-,21-,22-,23-,24+,25+,26+,33+,34+,35+,36+,37+,38+,39+,40+,41+/m0/s1. The molecule has 19 atom stereocenters. The Balaban J connectivity index is 1.93. The number of rotatable bonds is 36. The van der Waals surface area contributed by atoms with E-state index in [1.807, 2.05) is 0 Å². The molecular weight excluding hydrogens is 1180 g/mol. The molecule has 0 saturated heterocycles. The van der Waals surface area contributed by atoms with E-state index >= 15 is 0 Å². The highest BCUT2D eigenvalue weighted by atomic mass is 16.5. The number of aliphatic carboxylic acids is 3. The number of carbonyl (C=O) groups excluding carboxylic acids is 7. The molecule has 3 rings (SSSR count). The van der Waals surface area contributed by atoms with Crippen LogP contribution in [0.5, 0.6) is 0 Å². The van der Waals surface area contributed by atoms with Gasteiger partial charge in [0.1, 0.15) is 73.1 Å². The van der Waals surface area contributed by atoms with Crippen molar-refractivity contribution >= 4 is 59.3 Å². The first kappa shape index (κ1) is 73.4. The molecule has 87 heavy (non-hydrogen) atoms. The fourth-order valence-corrected chi connectivity index (χ4v) is 8.67. The number of hydrogen-bond donors (Lipinski definition) is 23. The number of amides is 7. The maximum Gasteiger partial charge on any atom is 0.303 e. The molecule has 0 bridgehead atoms. The summed E-state index contributed by atoms with van der Waals surface area (Å²) in [5, 5.41) is 171. The van der Waals surface area contributed by atoms with Gasteiger partial charge in [0.05, 0.1) is 44.0 Å². The smallest absolute Gasteiger partial charge is 0.303 e. The molecule has 7 amide bonds. The minimum Gasteiger partial charge on any atom is -0.481 e. The molecule has 0 aromatic carbocycles. The van der Waals surface area contributed by atoms with Gasteiger partial charge in [-0.1, -0.05) is 11.5 Å². The van der Waals surface area contributed by atoms with Gasteiger partial charge in [-0.15, -0.1) is 0 Å². The SMILES string of the molecule is [N-]=[N+]=N[C@@H](CCCCNC(=O)C1=C[C@H](O)[C@@H](NC(=O)[C@H](CCC(=O)O)NC(=O)C2=C[C@H](O)[C@@H](NC(=O)[C@H](CCC(=O)O)NC(=O)C3=C[C@H](O)[C@@H](NC(=O)[C@@H](N)CCC(=O)O)[C@H]([C@H](O)[C@H](O)CO)O3)[C@H]([C@H](O)[C@H](O)CO)O2)[C@H]([C@H](O)[C@H](O)CO)O1)C(N)=O. The van der Waals surface area contributed by atoms with E-state index in [-0.39, 0.29) is 25.8 Å². The number of unbranched alkanes of at least 4 members (excludes halogenated alkanes) is 1. The molecular formula is C48H73N11O28. The van der Waals surface area contributed by atoms with Gasteiger partial charge in [0, 0.05) is 30.7 Å². The van der Waals surface area contributed by atoms with Crippen molar-refractivity contribution in [2.24, 2.45) is 16.6 Å². The molecule has 3 aliphatic rings. The molecule has 0 fully saturated rings. The van der Waals surface area contributed by atoms with Crippen LogP contribution in [-0.2, 0) is 62.2 Å². The van der Waals surface area contributed by atoms with Crippen molar-refractivity contribution in [1.82, 2.24) is 31.9 Å². The second kappa shape index (κ2) is 35.1. The van der Waals surface area contributed by atoms with Crippen LogP contribution >= 0.6 is 0 Å². The summed E-state index contributed by atoms with van der Waals surface area (Å²) in [7, 11) is 0. The maximum absolute atomic E-state index is 14.0. The number of carboxylic acid groups (broad SMARTS) is 3. The topological polar surface area (TPSA) is 675 Å². The number of azide groups is 1. The quantitative estimate of drug-likeness (QED) is 0.0120. The Bertz CT molecular complexity index is 2590. The third kappa shape index (κ3) is 21.8. The van der Waals surface area contributed by atoms with Gasteiger partial charge in [0.25, 0.3) is 17.7 Å². The van der Waals surface area contributed by atoms with Gasteiger partial charge < -0.3 is 134 Å². The van der Waals surface area contributed by atoms with E-state index in [1.165, 1.54) is 0 Å². The normalized spacial score (nSPS) is 25.1. The van der Waals surface area contributed by atoms with Gasteiger partial charge in [-0.3, -0.25) is 47.9 Å². The Morgan fingerprint density at radius 3 is 1.22 bits per heavy atom. The van der Waals surface area contributed by atoms with Crippen molar-refractivity contribution in [3.05, 3.63) is 45.9 Å². The van der Waals surface area contributed by atoms with Crippen molar-refractivity contribution in [3.63, 3.8) is 0 Å². The highest BCUT2D eigenvalue weighted by Crippen LogP contribution is 2.27. The van der Waals surface area contributed by atoms with Gasteiger partial charge in [-0.25, -0.2) is 0 Å². The molecule has 0 spiro atoms. The number of nitrogens with zero attached hydrogens (tertiary/aromatic N) is 3. The Morgan fingerprint density at radius 2 is 0.885 bits per heavy atom. The Labute approximate surface area is 491 Å². The Hall–Kier alpha value is -7.89. The van der Waals surface area contributed by atoms with Gasteiger partial charge in [-0.05, 0) is 55.9 Å². The van der Waals surface area contributed by atoms with Gasteiger partial charge in [0.15, 0.2) is 35.6 Å². The molecule has 488 valence electrons. The predicted octanol–water partition coefficient (Wildman–Crippen LogP) is -11.1. The lowest BCUT2D eigenvalue weighted by molar-refractivity contribution is -0.146. The van der Waals surface area contributed by atoms with E-state index < -0.39 is 250 Å². The molecule has 0 aromatic heterocycles. The molecule has 0 aliphatic carbocycles. The minimum absolute atomic E-state index is 0.0172. The fourth-order valence-electron chi connectivity index (χ4n) is 8.67. The summed E-state index contributed by atoms with van der Waals surface area (Å²) >= 11 is 0. The lowest BCUT2D eigenvalue weighted by atomic mass is 9.92. The van der Waals surface area contributed by atoms with Crippen LogP contribution in [0, 0.1) is 0 Å². The number of nitrogens with two attached hydrogens (primary N) is 2. The highest BCUT2D eigenvalue weighted by molar-refractivity contribution is 5.97. The predicted molar refractivity (Wildman–Crippen MR) is 281 cm³/mol.